The normalized spacial score (nSPS) is 14.5. The van der Waals surface area contributed by atoms with E-state index in [1.807, 2.05) is 24.3 Å². The van der Waals surface area contributed by atoms with Crippen LogP contribution < -0.4 is 15.5 Å². The summed E-state index contributed by atoms with van der Waals surface area (Å²) in [6.07, 6.45) is 0. The topological polar surface area (TPSA) is 76.9 Å². The van der Waals surface area contributed by atoms with Gasteiger partial charge >= 0.3 is 0 Å². The van der Waals surface area contributed by atoms with E-state index in [-0.39, 0.29) is 5.82 Å². The van der Waals surface area contributed by atoms with E-state index in [0.717, 1.165) is 37.7 Å². The first kappa shape index (κ1) is 14.6. The average Bonchev–Trinajstić information content (AvgIpc) is 2.57. The van der Waals surface area contributed by atoms with Crippen LogP contribution in [0, 0.1) is 11.3 Å². The second-order valence-corrected chi connectivity index (χ2v) is 5.35. The summed E-state index contributed by atoms with van der Waals surface area (Å²) in [6, 6.07) is 11.2. The maximum atomic E-state index is 9.14. The van der Waals surface area contributed by atoms with Gasteiger partial charge in [0.15, 0.2) is 0 Å². The van der Waals surface area contributed by atoms with Crippen molar-refractivity contribution in [1.82, 2.24) is 15.3 Å². The lowest BCUT2D eigenvalue weighted by molar-refractivity contribution is 0.584. The van der Waals surface area contributed by atoms with Crippen molar-refractivity contribution in [2.24, 2.45) is 0 Å². The Bertz CT molecular complexity index is 688. The summed E-state index contributed by atoms with van der Waals surface area (Å²) >= 11 is 5.88. The standard InChI is InChI=1S/C15H15ClN6/c16-11-1-3-12(4-2-11)19-13-9-15(21-14(10-17)20-13)22-7-5-18-6-8-22/h1-4,9,18H,5-8H2,(H,19,20,21). The van der Waals surface area contributed by atoms with Crippen LogP contribution in [0.3, 0.4) is 0 Å². The van der Waals surface area contributed by atoms with Crippen LogP contribution in [0.4, 0.5) is 17.3 Å². The average molecular weight is 315 g/mol. The van der Waals surface area contributed by atoms with E-state index < -0.39 is 0 Å². The fourth-order valence-electron chi connectivity index (χ4n) is 2.29. The molecule has 0 amide bonds. The van der Waals surface area contributed by atoms with Gasteiger partial charge < -0.3 is 15.5 Å². The van der Waals surface area contributed by atoms with E-state index in [2.05, 4.69) is 25.5 Å². The van der Waals surface area contributed by atoms with Crippen molar-refractivity contribution in [1.29, 1.82) is 5.26 Å². The van der Waals surface area contributed by atoms with Gasteiger partial charge in [0.1, 0.15) is 17.7 Å². The summed E-state index contributed by atoms with van der Waals surface area (Å²) in [5.74, 6) is 1.53. The second-order valence-electron chi connectivity index (χ2n) is 4.92. The Balaban J connectivity index is 1.86. The summed E-state index contributed by atoms with van der Waals surface area (Å²) in [6.45, 7) is 3.54. The smallest absolute Gasteiger partial charge is 0.236 e. The molecule has 1 saturated heterocycles. The van der Waals surface area contributed by atoms with Crippen LogP contribution in [0.15, 0.2) is 30.3 Å². The number of hydrogen-bond donors (Lipinski definition) is 2. The number of benzene rings is 1. The molecule has 6 nitrogen and oxygen atoms in total. The second kappa shape index (κ2) is 6.60. The molecule has 1 aromatic carbocycles. The van der Waals surface area contributed by atoms with E-state index >= 15 is 0 Å². The fraction of sp³-hybridized carbons (Fsp3) is 0.267. The zero-order valence-electron chi connectivity index (χ0n) is 11.9. The van der Waals surface area contributed by atoms with Crippen LogP contribution in [0.2, 0.25) is 5.02 Å². The van der Waals surface area contributed by atoms with Gasteiger partial charge in [0.25, 0.3) is 0 Å². The Morgan fingerprint density at radius 1 is 1.18 bits per heavy atom. The van der Waals surface area contributed by atoms with Crippen LogP contribution in [0.1, 0.15) is 5.82 Å². The van der Waals surface area contributed by atoms with Gasteiger partial charge in [-0.3, -0.25) is 0 Å². The molecule has 0 radical (unpaired) electrons. The van der Waals surface area contributed by atoms with Gasteiger partial charge in [0.2, 0.25) is 5.82 Å². The number of nitriles is 1. The monoisotopic (exact) mass is 314 g/mol. The Morgan fingerprint density at radius 2 is 1.91 bits per heavy atom. The van der Waals surface area contributed by atoms with Crippen molar-refractivity contribution in [2.75, 3.05) is 36.4 Å². The largest absolute Gasteiger partial charge is 0.354 e. The molecule has 22 heavy (non-hydrogen) atoms. The summed E-state index contributed by atoms with van der Waals surface area (Å²) in [7, 11) is 0. The van der Waals surface area contributed by atoms with Gasteiger partial charge in [0, 0.05) is 43.0 Å². The highest BCUT2D eigenvalue weighted by Gasteiger charge is 2.14. The fourth-order valence-corrected chi connectivity index (χ4v) is 2.41. The summed E-state index contributed by atoms with van der Waals surface area (Å²) in [5.41, 5.74) is 0.859. The number of nitrogens with one attached hydrogen (secondary N) is 2. The van der Waals surface area contributed by atoms with Gasteiger partial charge in [-0.25, -0.2) is 9.97 Å². The predicted molar refractivity (Wildman–Crippen MR) is 86.6 cm³/mol. The van der Waals surface area contributed by atoms with Crippen molar-refractivity contribution in [2.45, 2.75) is 0 Å². The minimum atomic E-state index is 0.160. The zero-order chi connectivity index (χ0) is 15.4. The molecule has 1 aliphatic rings. The molecule has 112 valence electrons. The molecule has 1 aliphatic heterocycles. The van der Waals surface area contributed by atoms with Crippen LogP contribution in [-0.4, -0.2) is 36.1 Å². The molecule has 2 heterocycles. The van der Waals surface area contributed by atoms with E-state index in [1.165, 1.54) is 0 Å². The first-order valence-corrected chi connectivity index (χ1v) is 7.40. The number of hydrogen-bond acceptors (Lipinski definition) is 6. The number of halogens is 1. The van der Waals surface area contributed by atoms with Gasteiger partial charge in [-0.2, -0.15) is 5.26 Å². The van der Waals surface area contributed by atoms with Crippen LogP contribution in [0.5, 0.6) is 0 Å². The Morgan fingerprint density at radius 3 is 2.59 bits per heavy atom. The third-order valence-corrected chi connectivity index (χ3v) is 3.62. The van der Waals surface area contributed by atoms with Crippen LogP contribution >= 0.6 is 11.6 Å². The lowest BCUT2D eigenvalue weighted by Crippen LogP contribution is -2.44. The van der Waals surface area contributed by atoms with Crippen molar-refractivity contribution >= 4 is 28.9 Å². The minimum Gasteiger partial charge on any atom is -0.354 e. The molecule has 2 aromatic rings. The quantitative estimate of drug-likeness (QED) is 0.904. The third kappa shape index (κ3) is 3.45. The summed E-state index contributed by atoms with van der Waals surface area (Å²) in [5, 5.41) is 16.3. The Kier molecular flexibility index (Phi) is 4.37. The summed E-state index contributed by atoms with van der Waals surface area (Å²) < 4.78 is 0. The van der Waals surface area contributed by atoms with Crippen molar-refractivity contribution < 1.29 is 0 Å². The number of piperazine rings is 1. The van der Waals surface area contributed by atoms with Gasteiger partial charge in [-0.05, 0) is 24.3 Å². The van der Waals surface area contributed by atoms with E-state index in [4.69, 9.17) is 16.9 Å². The molecule has 3 rings (SSSR count). The number of anilines is 3. The molecule has 0 unspecified atom stereocenters. The minimum absolute atomic E-state index is 0.160. The molecule has 0 atom stereocenters. The van der Waals surface area contributed by atoms with Crippen LogP contribution in [0.25, 0.3) is 0 Å². The Hall–Kier alpha value is -2.36. The maximum absolute atomic E-state index is 9.14. The molecule has 1 aromatic heterocycles. The molecule has 0 aliphatic carbocycles. The van der Waals surface area contributed by atoms with E-state index in [1.54, 1.807) is 12.1 Å². The van der Waals surface area contributed by atoms with Crippen molar-refractivity contribution in [3.63, 3.8) is 0 Å². The van der Waals surface area contributed by atoms with Gasteiger partial charge in [-0.15, -0.1) is 0 Å². The molecular weight excluding hydrogens is 300 g/mol. The molecular formula is C15H15ClN6. The SMILES string of the molecule is N#Cc1nc(Nc2ccc(Cl)cc2)cc(N2CCNCC2)n1. The van der Waals surface area contributed by atoms with E-state index in [0.29, 0.717) is 10.8 Å². The molecule has 7 heteroatoms. The molecule has 0 saturated carbocycles. The lowest BCUT2D eigenvalue weighted by atomic mass is 10.3. The third-order valence-electron chi connectivity index (χ3n) is 3.37. The number of rotatable bonds is 3. The first-order valence-electron chi connectivity index (χ1n) is 7.02. The Labute approximate surface area is 133 Å². The highest BCUT2D eigenvalue weighted by molar-refractivity contribution is 6.30. The van der Waals surface area contributed by atoms with Crippen molar-refractivity contribution in [3.8, 4) is 6.07 Å². The molecule has 0 spiro atoms. The molecule has 0 bridgehead atoms. The van der Waals surface area contributed by atoms with Gasteiger partial charge in [-0.1, -0.05) is 11.6 Å². The number of nitrogens with zero attached hydrogens (tertiary/aromatic N) is 4. The summed E-state index contributed by atoms with van der Waals surface area (Å²) in [4.78, 5) is 10.6. The lowest BCUT2D eigenvalue weighted by Gasteiger charge is -2.28. The maximum Gasteiger partial charge on any atom is 0.236 e. The van der Waals surface area contributed by atoms with Crippen LogP contribution in [-0.2, 0) is 0 Å². The highest BCUT2D eigenvalue weighted by atomic mass is 35.5. The predicted octanol–water partition coefficient (Wildman–Crippen LogP) is 2.15. The van der Waals surface area contributed by atoms with Gasteiger partial charge in [0.05, 0.1) is 0 Å². The van der Waals surface area contributed by atoms with Crippen molar-refractivity contribution in [3.05, 3.63) is 41.2 Å². The van der Waals surface area contributed by atoms with E-state index in [9.17, 15) is 0 Å². The molecule has 1 fully saturated rings. The first-order chi connectivity index (χ1) is 10.7. The molecule has 2 N–H and O–H groups in total. The highest BCUT2D eigenvalue weighted by Crippen LogP contribution is 2.21. The number of aromatic nitrogens is 2. The zero-order valence-corrected chi connectivity index (χ0v) is 12.6.